The monoisotopic (exact) mass is 210 g/mol. The third-order valence-electron chi connectivity index (χ3n) is 2.56. The number of rotatable bonds is 4. The SMILES string of the molecule is CN1CCOC(CNCc2ncc[nH]2)C1. The number of H-pyrrole nitrogens is 1. The zero-order valence-electron chi connectivity index (χ0n) is 9.07. The first-order valence-corrected chi connectivity index (χ1v) is 5.34. The van der Waals surface area contributed by atoms with Crippen LogP contribution in [0, 0.1) is 0 Å². The fraction of sp³-hybridized carbons (Fsp3) is 0.700. The molecule has 0 bridgehead atoms. The first-order chi connectivity index (χ1) is 7.34. The van der Waals surface area contributed by atoms with E-state index in [2.05, 4.69) is 27.2 Å². The van der Waals surface area contributed by atoms with Crippen molar-refractivity contribution in [3.63, 3.8) is 0 Å². The summed E-state index contributed by atoms with van der Waals surface area (Å²) in [4.78, 5) is 9.50. The van der Waals surface area contributed by atoms with Crippen LogP contribution in [-0.2, 0) is 11.3 Å². The zero-order valence-corrected chi connectivity index (χ0v) is 9.07. The van der Waals surface area contributed by atoms with Crippen molar-refractivity contribution >= 4 is 0 Å². The number of nitrogens with one attached hydrogen (secondary N) is 2. The Balaban J connectivity index is 1.65. The van der Waals surface area contributed by atoms with Gasteiger partial charge in [-0.25, -0.2) is 4.98 Å². The van der Waals surface area contributed by atoms with E-state index >= 15 is 0 Å². The quantitative estimate of drug-likeness (QED) is 0.724. The largest absolute Gasteiger partial charge is 0.374 e. The smallest absolute Gasteiger partial charge is 0.120 e. The number of ether oxygens (including phenoxy) is 1. The van der Waals surface area contributed by atoms with Crippen LogP contribution < -0.4 is 5.32 Å². The van der Waals surface area contributed by atoms with Crippen molar-refractivity contribution in [1.29, 1.82) is 0 Å². The number of aromatic amines is 1. The summed E-state index contributed by atoms with van der Waals surface area (Å²) in [6.07, 6.45) is 3.91. The third-order valence-corrected chi connectivity index (χ3v) is 2.56. The van der Waals surface area contributed by atoms with Gasteiger partial charge >= 0.3 is 0 Å². The number of hydrogen-bond acceptors (Lipinski definition) is 4. The summed E-state index contributed by atoms with van der Waals surface area (Å²) < 4.78 is 5.63. The van der Waals surface area contributed by atoms with Crippen molar-refractivity contribution in [1.82, 2.24) is 20.2 Å². The summed E-state index contributed by atoms with van der Waals surface area (Å²) in [5.41, 5.74) is 0. The van der Waals surface area contributed by atoms with Crippen LogP contribution in [0.1, 0.15) is 5.82 Å². The summed E-state index contributed by atoms with van der Waals surface area (Å²) >= 11 is 0. The highest BCUT2D eigenvalue weighted by Gasteiger charge is 2.16. The number of aromatic nitrogens is 2. The molecule has 2 heterocycles. The minimum absolute atomic E-state index is 0.304. The molecule has 1 fully saturated rings. The highest BCUT2D eigenvalue weighted by Crippen LogP contribution is 2.01. The van der Waals surface area contributed by atoms with Crippen molar-refractivity contribution in [2.45, 2.75) is 12.6 Å². The molecule has 1 aromatic heterocycles. The van der Waals surface area contributed by atoms with E-state index in [-0.39, 0.29) is 0 Å². The van der Waals surface area contributed by atoms with E-state index in [9.17, 15) is 0 Å². The Bertz CT molecular complexity index is 275. The van der Waals surface area contributed by atoms with Crippen LogP contribution in [0.15, 0.2) is 12.4 Å². The van der Waals surface area contributed by atoms with Gasteiger partial charge < -0.3 is 19.9 Å². The molecule has 1 aromatic rings. The molecule has 0 saturated carbocycles. The van der Waals surface area contributed by atoms with E-state index < -0.39 is 0 Å². The predicted molar refractivity (Wildman–Crippen MR) is 57.5 cm³/mol. The van der Waals surface area contributed by atoms with Gasteiger partial charge in [0.15, 0.2) is 0 Å². The number of hydrogen-bond donors (Lipinski definition) is 2. The number of morpholine rings is 1. The number of imidazole rings is 1. The van der Waals surface area contributed by atoms with Gasteiger partial charge in [-0.15, -0.1) is 0 Å². The fourth-order valence-corrected chi connectivity index (χ4v) is 1.74. The molecule has 84 valence electrons. The van der Waals surface area contributed by atoms with Crippen molar-refractivity contribution in [2.24, 2.45) is 0 Å². The van der Waals surface area contributed by atoms with Crippen molar-refractivity contribution in [3.05, 3.63) is 18.2 Å². The molecular formula is C10H18N4O. The summed E-state index contributed by atoms with van der Waals surface area (Å²) in [5.74, 6) is 0.971. The molecular weight excluding hydrogens is 192 g/mol. The van der Waals surface area contributed by atoms with Crippen LogP contribution in [0.3, 0.4) is 0 Å². The molecule has 5 heteroatoms. The molecule has 1 aliphatic heterocycles. The Morgan fingerprint density at radius 2 is 2.67 bits per heavy atom. The molecule has 1 unspecified atom stereocenters. The van der Waals surface area contributed by atoms with E-state index in [1.165, 1.54) is 0 Å². The van der Waals surface area contributed by atoms with Crippen molar-refractivity contribution < 1.29 is 4.74 Å². The average molecular weight is 210 g/mol. The van der Waals surface area contributed by atoms with Crippen LogP contribution in [-0.4, -0.2) is 54.3 Å². The standard InChI is InChI=1S/C10H18N4O/c1-14-4-5-15-9(8-14)6-11-7-10-12-2-3-13-10/h2-3,9,11H,4-8H2,1H3,(H,12,13). The highest BCUT2D eigenvalue weighted by atomic mass is 16.5. The van der Waals surface area contributed by atoms with Gasteiger partial charge in [-0.2, -0.15) is 0 Å². The fourth-order valence-electron chi connectivity index (χ4n) is 1.74. The molecule has 0 radical (unpaired) electrons. The van der Waals surface area contributed by atoms with Crippen molar-refractivity contribution in [2.75, 3.05) is 33.3 Å². The summed E-state index contributed by atoms with van der Waals surface area (Å²) in [6, 6.07) is 0. The molecule has 1 aliphatic rings. The summed E-state index contributed by atoms with van der Waals surface area (Å²) in [6.45, 7) is 4.53. The second-order valence-electron chi connectivity index (χ2n) is 3.92. The first-order valence-electron chi connectivity index (χ1n) is 5.34. The predicted octanol–water partition coefficient (Wildman–Crippen LogP) is -0.170. The lowest BCUT2D eigenvalue weighted by atomic mass is 10.3. The second kappa shape index (κ2) is 5.25. The molecule has 2 N–H and O–H groups in total. The van der Waals surface area contributed by atoms with E-state index in [4.69, 9.17) is 4.74 Å². The molecule has 0 aromatic carbocycles. The van der Waals surface area contributed by atoms with Crippen LogP contribution in [0.5, 0.6) is 0 Å². The van der Waals surface area contributed by atoms with E-state index in [0.29, 0.717) is 6.10 Å². The Morgan fingerprint density at radius 1 is 1.73 bits per heavy atom. The molecule has 1 atom stereocenters. The van der Waals surface area contributed by atoms with E-state index in [1.54, 1.807) is 6.20 Å². The number of nitrogens with zero attached hydrogens (tertiary/aromatic N) is 2. The van der Waals surface area contributed by atoms with Gasteiger partial charge in [0, 0.05) is 32.0 Å². The maximum Gasteiger partial charge on any atom is 0.120 e. The molecule has 0 amide bonds. The Morgan fingerprint density at radius 3 is 3.40 bits per heavy atom. The minimum atomic E-state index is 0.304. The normalized spacial score (nSPS) is 23.1. The molecule has 5 nitrogen and oxygen atoms in total. The Labute approximate surface area is 89.8 Å². The van der Waals surface area contributed by atoms with Crippen molar-refractivity contribution in [3.8, 4) is 0 Å². The van der Waals surface area contributed by atoms with Crippen LogP contribution >= 0.6 is 0 Å². The van der Waals surface area contributed by atoms with Gasteiger partial charge in [0.2, 0.25) is 0 Å². The second-order valence-corrected chi connectivity index (χ2v) is 3.92. The lowest BCUT2D eigenvalue weighted by Gasteiger charge is -2.30. The van der Waals surface area contributed by atoms with Crippen LogP contribution in [0.2, 0.25) is 0 Å². The lowest BCUT2D eigenvalue weighted by Crippen LogP contribution is -2.44. The van der Waals surface area contributed by atoms with E-state index in [0.717, 1.165) is 38.6 Å². The average Bonchev–Trinajstić information content (AvgIpc) is 2.71. The maximum absolute atomic E-state index is 5.63. The zero-order chi connectivity index (χ0) is 10.5. The van der Waals surface area contributed by atoms with E-state index in [1.807, 2.05) is 6.20 Å². The number of likely N-dealkylation sites (N-methyl/N-ethyl adjacent to an activating group) is 1. The van der Waals surface area contributed by atoms with Gasteiger partial charge in [0.05, 0.1) is 19.3 Å². The van der Waals surface area contributed by atoms with Gasteiger partial charge in [0.1, 0.15) is 5.82 Å². The van der Waals surface area contributed by atoms with Gasteiger partial charge in [-0.05, 0) is 7.05 Å². The van der Waals surface area contributed by atoms with Gasteiger partial charge in [-0.3, -0.25) is 0 Å². The topological polar surface area (TPSA) is 53.2 Å². The molecule has 0 aliphatic carbocycles. The molecule has 0 spiro atoms. The highest BCUT2D eigenvalue weighted by molar-refractivity contribution is 4.86. The van der Waals surface area contributed by atoms with Gasteiger partial charge in [-0.1, -0.05) is 0 Å². The summed E-state index contributed by atoms with van der Waals surface area (Å²) in [5, 5.41) is 3.33. The Hall–Kier alpha value is -0.910. The van der Waals surface area contributed by atoms with Gasteiger partial charge in [0.25, 0.3) is 0 Å². The summed E-state index contributed by atoms with van der Waals surface area (Å²) in [7, 11) is 2.13. The molecule has 1 saturated heterocycles. The molecule has 2 rings (SSSR count). The lowest BCUT2D eigenvalue weighted by molar-refractivity contribution is -0.0182. The third kappa shape index (κ3) is 3.30. The Kier molecular flexibility index (Phi) is 3.71. The van der Waals surface area contributed by atoms with Crippen LogP contribution in [0.4, 0.5) is 0 Å². The van der Waals surface area contributed by atoms with Crippen LogP contribution in [0.25, 0.3) is 0 Å². The maximum atomic E-state index is 5.63. The first kappa shape index (κ1) is 10.6. The molecule has 15 heavy (non-hydrogen) atoms. The minimum Gasteiger partial charge on any atom is -0.374 e.